The van der Waals surface area contributed by atoms with Gasteiger partial charge in [-0.15, -0.1) is 0 Å². The van der Waals surface area contributed by atoms with Crippen molar-refractivity contribution >= 4 is 11.7 Å². The number of aryl methyl sites for hydroxylation is 2. The van der Waals surface area contributed by atoms with Crippen molar-refractivity contribution in [3.63, 3.8) is 0 Å². The van der Waals surface area contributed by atoms with Crippen LogP contribution in [0.1, 0.15) is 52.9 Å². The summed E-state index contributed by atoms with van der Waals surface area (Å²) >= 11 is 0. The molecule has 1 saturated heterocycles. The number of carbonyl (C=O) groups is 1. The summed E-state index contributed by atoms with van der Waals surface area (Å²) in [4.78, 5) is 23.7. The molecule has 24 heavy (non-hydrogen) atoms. The Morgan fingerprint density at radius 1 is 1.29 bits per heavy atom. The minimum Gasteiger partial charge on any atom is -0.361 e. The van der Waals surface area contributed by atoms with E-state index in [1.807, 2.05) is 28.5 Å². The van der Waals surface area contributed by atoms with Crippen molar-refractivity contribution in [2.45, 2.75) is 39.2 Å². The topological polar surface area (TPSA) is 76.5 Å². The average molecular weight is 325 g/mol. The van der Waals surface area contributed by atoms with Gasteiger partial charge in [-0.2, -0.15) is 0 Å². The highest BCUT2D eigenvalue weighted by Gasteiger charge is 2.31. The summed E-state index contributed by atoms with van der Waals surface area (Å²) < 4.78 is 7.00. The number of hydrogen-bond donors (Lipinski definition) is 0. The lowest BCUT2D eigenvalue weighted by Crippen LogP contribution is -2.39. The van der Waals surface area contributed by atoms with E-state index in [1.165, 1.54) is 0 Å². The van der Waals surface area contributed by atoms with Crippen molar-refractivity contribution in [1.82, 2.24) is 24.4 Å². The molecule has 0 radical (unpaired) electrons. The molecule has 1 aliphatic heterocycles. The molecule has 3 aromatic rings. The van der Waals surface area contributed by atoms with E-state index in [4.69, 9.17) is 4.52 Å². The molecule has 1 aliphatic rings. The first-order valence-electron chi connectivity index (χ1n) is 8.18. The van der Waals surface area contributed by atoms with Crippen LogP contribution in [0, 0.1) is 13.8 Å². The van der Waals surface area contributed by atoms with Crippen molar-refractivity contribution in [3.8, 4) is 0 Å². The molecule has 3 aromatic heterocycles. The largest absolute Gasteiger partial charge is 0.361 e. The summed E-state index contributed by atoms with van der Waals surface area (Å²) in [6, 6.07) is 3.67. The van der Waals surface area contributed by atoms with E-state index in [1.54, 1.807) is 19.2 Å². The summed E-state index contributed by atoms with van der Waals surface area (Å²) in [6.45, 7) is 4.51. The highest BCUT2D eigenvalue weighted by atomic mass is 16.5. The number of carbonyl (C=O) groups excluding carboxylic acids is 1. The third-order valence-corrected chi connectivity index (χ3v) is 4.54. The van der Waals surface area contributed by atoms with Gasteiger partial charge in [-0.05, 0) is 39.2 Å². The van der Waals surface area contributed by atoms with Crippen molar-refractivity contribution < 1.29 is 9.32 Å². The van der Waals surface area contributed by atoms with Crippen LogP contribution in [-0.4, -0.2) is 36.9 Å². The molecule has 4 rings (SSSR count). The Labute approximate surface area is 139 Å². The fourth-order valence-corrected chi connectivity index (χ4v) is 3.35. The van der Waals surface area contributed by atoms with E-state index in [9.17, 15) is 4.79 Å². The first kappa shape index (κ1) is 14.9. The Morgan fingerprint density at radius 3 is 2.96 bits per heavy atom. The number of rotatable bonds is 2. The van der Waals surface area contributed by atoms with Crippen LogP contribution in [0.5, 0.6) is 0 Å². The molecule has 1 atom stereocenters. The predicted molar refractivity (Wildman–Crippen MR) is 86.6 cm³/mol. The predicted octanol–water partition coefficient (Wildman–Crippen LogP) is 2.70. The van der Waals surface area contributed by atoms with Gasteiger partial charge in [0.05, 0.1) is 11.7 Å². The second-order valence-corrected chi connectivity index (χ2v) is 6.25. The average Bonchev–Trinajstić information content (AvgIpc) is 3.23. The van der Waals surface area contributed by atoms with E-state index in [-0.39, 0.29) is 11.9 Å². The van der Waals surface area contributed by atoms with E-state index in [2.05, 4.69) is 15.1 Å². The minimum absolute atomic E-state index is 0.0522. The summed E-state index contributed by atoms with van der Waals surface area (Å²) in [5, 5.41) is 3.88. The molecule has 0 spiro atoms. The monoisotopic (exact) mass is 325 g/mol. The zero-order chi connectivity index (χ0) is 16.7. The van der Waals surface area contributed by atoms with Gasteiger partial charge in [0, 0.05) is 30.7 Å². The lowest BCUT2D eigenvalue weighted by molar-refractivity contribution is 0.0595. The lowest BCUT2D eigenvalue weighted by Gasteiger charge is -2.35. The Kier molecular flexibility index (Phi) is 3.55. The number of likely N-dealkylation sites (tertiary alicyclic amines) is 1. The van der Waals surface area contributed by atoms with Gasteiger partial charge in [0.2, 0.25) is 5.78 Å². The number of fused-ring (bicyclic) bond motifs is 1. The van der Waals surface area contributed by atoms with Crippen LogP contribution in [0.2, 0.25) is 0 Å². The molecule has 4 heterocycles. The zero-order valence-electron chi connectivity index (χ0n) is 13.8. The summed E-state index contributed by atoms with van der Waals surface area (Å²) in [7, 11) is 0. The normalized spacial score (nSPS) is 18.2. The van der Waals surface area contributed by atoms with Crippen LogP contribution in [0.4, 0.5) is 0 Å². The fourth-order valence-electron chi connectivity index (χ4n) is 3.35. The second-order valence-electron chi connectivity index (χ2n) is 6.25. The number of imidazole rings is 1. The quantitative estimate of drug-likeness (QED) is 0.724. The van der Waals surface area contributed by atoms with Crippen LogP contribution in [-0.2, 0) is 0 Å². The molecular formula is C17H19N5O2. The Morgan fingerprint density at radius 2 is 2.17 bits per heavy atom. The molecule has 0 aromatic carbocycles. The van der Waals surface area contributed by atoms with Crippen LogP contribution in [0.25, 0.3) is 5.78 Å². The molecule has 0 bridgehead atoms. The molecule has 124 valence electrons. The van der Waals surface area contributed by atoms with Gasteiger partial charge in [0.15, 0.2) is 5.69 Å². The molecule has 1 fully saturated rings. The first-order chi connectivity index (χ1) is 11.6. The number of hydrogen-bond acceptors (Lipinski definition) is 5. The van der Waals surface area contributed by atoms with E-state index >= 15 is 0 Å². The molecule has 1 amide bonds. The summed E-state index contributed by atoms with van der Waals surface area (Å²) in [5.74, 6) is 1.21. The molecule has 0 aliphatic carbocycles. The third kappa shape index (κ3) is 2.46. The van der Waals surface area contributed by atoms with Crippen LogP contribution in [0.3, 0.4) is 0 Å². The molecular weight excluding hydrogens is 306 g/mol. The summed E-state index contributed by atoms with van der Waals surface area (Å²) in [6.07, 6.45) is 6.59. The van der Waals surface area contributed by atoms with Crippen LogP contribution in [0.15, 0.2) is 29.0 Å². The van der Waals surface area contributed by atoms with Gasteiger partial charge in [-0.25, -0.2) is 9.97 Å². The van der Waals surface area contributed by atoms with Crippen LogP contribution < -0.4 is 0 Å². The highest BCUT2D eigenvalue weighted by molar-refractivity contribution is 5.92. The van der Waals surface area contributed by atoms with Crippen molar-refractivity contribution in [3.05, 3.63) is 47.4 Å². The maximum Gasteiger partial charge on any atom is 0.276 e. The van der Waals surface area contributed by atoms with Gasteiger partial charge in [-0.1, -0.05) is 5.16 Å². The standard InChI is InChI=1S/C17H19N5O2/c1-11-9-13(19-17-18-6-8-21(11)17)15-5-3-4-7-22(15)16(23)14-10-12(2)24-20-14/h6,8-10,15H,3-5,7H2,1-2H3. The fraction of sp³-hybridized carbons (Fsp3) is 0.412. The lowest BCUT2D eigenvalue weighted by atomic mass is 9.98. The van der Waals surface area contributed by atoms with Gasteiger partial charge in [0.25, 0.3) is 5.91 Å². The van der Waals surface area contributed by atoms with E-state index < -0.39 is 0 Å². The molecule has 0 N–H and O–H groups in total. The highest BCUT2D eigenvalue weighted by Crippen LogP contribution is 2.31. The molecule has 7 nitrogen and oxygen atoms in total. The molecule has 7 heteroatoms. The van der Waals surface area contributed by atoms with Gasteiger partial charge >= 0.3 is 0 Å². The minimum atomic E-state index is -0.0979. The Hall–Kier alpha value is -2.70. The van der Waals surface area contributed by atoms with Crippen molar-refractivity contribution in [2.24, 2.45) is 0 Å². The number of piperidine rings is 1. The van der Waals surface area contributed by atoms with Crippen molar-refractivity contribution in [2.75, 3.05) is 6.54 Å². The van der Waals surface area contributed by atoms with Crippen molar-refractivity contribution in [1.29, 1.82) is 0 Å². The summed E-state index contributed by atoms with van der Waals surface area (Å²) in [5.41, 5.74) is 2.31. The number of aromatic nitrogens is 4. The maximum atomic E-state index is 12.9. The Balaban J connectivity index is 1.71. The van der Waals surface area contributed by atoms with Gasteiger partial charge in [-0.3, -0.25) is 9.20 Å². The number of nitrogens with zero attached hydrogens (tertiary/aromatic N) is 5. The van der Waals surface area contributed by atoms with E-state index in [0.717, 1.165) is 30.7 Å². The maximum absolute atomic E-state index is 12.9. The van der Waals surface area contributed by atoms with Gasteiger partial charge in [0.1, 0.15) is 5.76 Å². The zero-order valence-corrected chi connectivity index (χ0v) is 13.8. The van der Waals surface area contributed by atoms with Gasteiger partial charge < -0.3 is 9.42 Å². The molecule has 1 unspecified atom stereocenters. The van der Waals surface area contributed by atoms with Crippen LogP contribution >= 0.6 is 0 Å². The van der Waals surface area contributed by atoms with E-state index in [0.29, 0.717) is 23.8 Å². The third-order valence-electron chi connectivity index (χ3n) is 4.54. The Bertz CT molecular complexity index is 897. The SMILES string of the molecule is Cc1cc(C(=O)N2CCCCC2c2cc(C)n3ccnc3n2)no1. The first-order valence-corrected chi connectivity index (χ1v) is 8.18. The number of amides is 1. The smallest absolute Gasteiger partial charge is 0.276 e. The second kappa shape index (κ2) is 5.74. The molecule has 0 saturated carbocycles.